The van der Waals surface area contributed by atoms with Gasteiger partial charge in [0.2, 0.25) is 0 Å². The monoisotopic (exact) mass is 210 g/mol. The summed E-state index contributed by atoms with van der Waals surface area (Å²) < 4.78 is 12.9. The summed E-state index contributed by atoms with van der Waals surface area (Å²) in [5.41, 5.74) is -0.519. The molecular weight excluding hydrogens is 206 g/mol. The lowest BCUT2D eigenvalue weighted by molar-refractivity contribution is 0.438. The van der Waals surface area contributed by atoms with Gasteiger partial charge in [-0.1, -0.05) is 23.2 Å². The fraction of sp³-hybridized carbons (Fsp3) is 0.333. The number of hydrogen-bond donors (Lipinski definition) is 0. The third-order valence-corrected chi connectivity index (χ3v) is 1.99. The van der Waals surface area contributed by atoms with Gasteiger partial charge >= 0.3 is 0 Å². The smallest absolute Gasteiger partial charge is 0.273 e. The van der Waals surface area contributed by atoms with Gasteiger partial charge in [0, 0.05) is 0 Å². The molecule has 3 nitrogen and oxygen atoms in total. The molecule has 0 aliphatic heterocycles. The molecular formula is C6H5Cl2FN2O. The molecule has 0 fully saturated rings. The van der Waals surface area contributed by atoms with Crippen LogP contribution < -0.4 is 5.56 Å². The lowest BCUT2D eigenvalue weighted by atomic mass is 10.6. The highest BCUT2D eigenvalue weighted by Gasteiger charge is 2.06. The fourth-order valence-electron chi connectivity index (χ4n) is 0.694. The van der Waals surface area contributed by atoms with Gasteiger partial charge in [-0.25, -0.2) is 9.37 Å². The van der Waals surface area contributed by atoms with Crippen molar-refractivity contribution in [3.8, 4) is 0 Å². The van der Waals surface area contributed by atoms with E-state index in [1.54, 1.807) is 0 Å². The molecule has 0 bridgehead atoms. The number of hydrogen-bond acceptors (Lipinski definition) is 2. The summed E-state index contributed by atoms with van der Waals surface area (Å²) in [5.74, 6) is 0. The maximum absolute atomic E-state index is 11.8. The van der Waals surface area contributed by atoms with Crippen molar-refractivity contribution in [2.45, 2.75) is 6.54 Å². The highest BCUT2D eigenvalue weighted by Crippen LogP contribution is 2.12. The Morgan fingerprint density at radius 1 is 1.58 bits per heavy atom. The molecule has 0 saturated carbocycles. The molecule has 12 heavy (non-hydrogen) atoms. The second-order valence-corrected chi connectivity index (χ2v) is 2.77. The van der Waals surface area contributed by atoms with Crippen LogP contribution in [0.1, 0.15) is 0 Å². The predicted molar refractivity (Wildman–Crippen MR) is 44.5 cm³/mol. The Morgan fingerprint density at radius 3 is 2.83 bits per heavy atom. The molecule has 0 unspecified atom stereocenters. The first-order valence-electron chi connectivity index (χ1n) is 3.13. The van der Waals surface area contributed by atoms with Gasteiger partial charge in [0.25, 0.3) is 5.56 Å². The minimum absolute atomic E-state index is 0.0529. The van der Waals surface area contributed by atoms with Crippen molar-refractivity contribution >= 4 is 23.2 Å². The molecule has 1 rings (SSSR count). The molecule has 0 atom stereocenters. The molecule has 0 aliphatic carbocycles. The van der Waals surface area contributed by atoms with Crippen LogP contribution in [0.3, 0.4) is 0 Å². The summed E-state index contributed by atoms with van der Waals surface area (Å²) in [4.78, 5) is 14.7. The lowest BCUT2D eigenvalue weighted by Gasteiger charge is -2.01. The molecule has 0 amide bonds. The van der Waals surface area contributed by atoms with Crippen molar-refractivity contribution in [2.24, 2.45) is 0 Å². The van der Waals surface area contributed by atoms with Crippen LogP contribution in [-0.2, 0) is 6.54 Å². The van der Waals surface area contributed by atoms with E-state index in [2.05, 4.69) is 4.98 Å². The number of aromatic nitrogens is 2. The summed E-state index contributed by atoms with van der Waals surface area (Å²) in [7, 11) is 0. The van der Waals surface area contributed by atoms with Gasteiger partial charge in [0.1, 0.15) is 11.7 Å². The standard InChI is InChI=1S/C6H5Cl2FN2O/c7-4-5(8)10-3-11(2-1-9)6(4)12/h3H,1-2H2. The molecule has 0 aromatic carbocycles. The first-order chi connectivity index (χ1) is 5.66. The van der Waals surface area contributed by atoms with Crippen molar-refractivity contribution in [1.82, 2.24) is 9.55 Å². The normalized spacial score (nSPS) is 10.2. The SMILES string of the molecule is O=c1c(Cl)c(Cl)ncn1CCF. The average Bonchev–Trinajstić information content (AvgIpc) is 2.07. The number of aryl methyl sites for hydroxylation is 1. The minimum atomic E-state index is -0.639. The molecule has 0 N–H and O–H groups in total. The fourth-order valence-corrected chi connectivity index (χ4v) is 0.976. The number of halogens is 3. The van der Waals surface area contributed by atoms with Crippen LogP contribution in [0.5, 0.6) is 0 Å². The van der Waals surface area contributed by atoms with Gasteiger partial charge in [-0.2, -0.15) is 0 Å². The zero-order chi connectivity index (χ0) is 9.14. The van der Waals surface area contributed by atoms with Crippen molar-refractivity contribution in [2.75, 3.05) is 6.67 Å². The van der Waals surface area contributed by atoms with E-state index in [1.165, 1.54) is 0 Å². The van der Waals surface area contributed by atoms with E-state index in [1.807, 2.05) is 0 Å². The van der Waals surface area contributed by atoms with Crippen LogP contribution in [0.15, 0.2) is 11.1 Å². The van der Waals surface area contributed by atoms with E-state index in [0.29, 0.717) is 0 Å². The van der Waals surface area contributed by atoms with Crippen LogP contribution in [0.25, 0.3) is 0 Å². The van der Waals surface area contributed by atoms with Crippen molar-refractivity contribution in [1.29, 1.82) is 0 Å². The molecule has 1 aromatic heterocycles. The number of rotatable bonds is 2. The van der Waals surface area contributed by atoms with E-state index >= 15 is 0 Å². The van der Waals surface area contributed by atoms with Gasteiger partial charge in [-0.05, 0) is 0 Å². The molecule has 0 saturated heterocycles. The second-order valence-electron chi connectivity index (χ2n) is 2.04. The number of alkyl halides is 1. The summed E-state index contributed by atoms with van der Waals surface area (Å²) in [6.45, 7) is -0.692. The zero-order valence-corrected chi connectivity index (χ0v) is 7.44. The van der Waals surface area contributed by atoms with Crippen LogP contribution in [0.4, 0.5) is 4.39 Å². The second kappa shape index (κ2) is 3.87. The van der Waals surface area contributed by atoms with E-state index in [-0.39, 0.29) is 16.7 Å². The third-order valence-electron chi connectivity index (χ3n) is 1.27. The Hall–Kier alpha value is -0.610. The van der Waals surface area contributed by atoms with Crippen LogP contribution >= 0.6 is 23.2 Å². The Kier molecular flexibility index (Phi) is 3.05. The van der Waals surface area contributed by atoms with Gasteiger partial charge in [-0.15, -0.1) is 0 Å². The van der Waals surface area contributed by atoms with Crippen LogP contribution in [0, 0.1) is 0 Å². The third kappa shape index (κ3) is 1.76. The van der Waals surface area contributed by atoms with E-state index in [4.69, 9.17) is 23.2 Å². The molecule has 0 radical (unpaired) electrons. The lowest BCUT2D eigenvalue weighted by Crippen LogP contribution is -2.21. The highest BCUT2D eigenvalue weighted by atomic mass is 35.5. The van der Waals surface area contributed by atoms with Crippen molar-refractivity contribution in [3.05, 3.63) is 26.9 Å². The maximum atomic E-state index is 11.8. The molecule has 1 aromatic rings. The summed E-state index contributed by atoms with van der Waals surface area (Å²) in [6, 6.07) is 0. The van der Waals surface area contributed by atoms with Gasteiger partial charge in [0.05, 0.1) is 12.9 Å². The molecule has 66 valence electrons. The molecule has 1 heterocycles. The first-order valence-corrected chi connectivity index (χ1v) is 3.89. The molecule has 0 spiro atoms. The van der Waals surface area contributed by atoms with Crippen molar-refractivity contribution < 1.29 is 4.39 Å². The summed E-state index contributed by atoms with van der Waals surface area (Å²) >= 11 is 10.9. The Bertz CT molecular complexity index is 339. The zero-order valence-electron chi connectivity index (χ0n) is 5.93. The van der Waals surface area contributed by atoms with Crippen LogP contribution in [-0.4, -0.2) is 16.2 Å². The van der Waals surface area contributed by atoms with Crippen LogP contribution in [0.2, 0.25) is 10.2 Å². The number of nitrogens with zero attached hydrogens (tertiary/aromatic N) is 2. The van der Waals surface area contributed by atoms with Gasteiger partial charge < -0.3 is 0 Å². The largest absolute Gasteiger partial charge is 0.295 e. The van der Waals surface area contributed by atoms with E-state index in [0.717, 1.165) is 10.9 Å². The summed E-state index contributed by atoms with van der Waals surface area (Å²) in [5, 5.41) is -0.232. The Labute approximate surface area is 77.7 Å². The maximum Gasteiger partial charge on any atom is 0.273 e. The van der Waals surface area contributed by atoms with Gasteiger partial charge in [-0.3, -0.25) is 9.36 Å². The quantitative estimate of drug-likeness (QED) is 0.695. The average molecular weight is 211 g/mol. The minimum Gasteiger partial charge on any atom is -0.295 e. The van der Waals surface area contributed by atoms with Crippen molar-refractivity contribution in [3.63, 3.8) is 0 Å². The van der Waals surface area contributed by atoms with E-state index in [9.17, 15) is 9.18 Å². The summed E-state index contributed by atoms with van der Waals surface area (Å²) in [6.07, 6.45) is 1.16. The van der Waals surface area contributed by atoms with E-state index < -0.39 is 12.2 Å². The highest BCUT2D eigenvalue weighted by molar-refractivity contribution is 6.40. The Balaban J connectivity index is 3.18. The first kappa shape index (κ1) is 9.48. The molecule has 0 aliphatic rings. The van der Waals surface area contributed by atoms with Gasteiger partial charge in [0.15, 0.2) is 5.15 Å². The molecule has 6 heteroatoms. The Morgan fingerprint density at radius 2 is 2.25 bits per heavy atom. The topological polar surface area (TPSA) is 34.9 Å². The predicted octanol–water partition coefficient (Wildman–Crippen LogP) is 1.52.